The van der Waals surface area contributed by atoms with Gasteiger partial charge in [-0.1, -0.05) is 13.0 Å². The van der Waals surface area contributed by atoms with Gasteiger partial charge in [0, 0.05) is 28.6 Å². The Balaban J connectivity index is 2.30. The van der Waals surface area contributed by atoms with Crippen LogP contribution in [-0.2, 0) is 0 Å². The fourth-order valence-electron chi connectivity index (χ4n) is 1.39. The standard InChI is InChI=1S/C10H19NS2/c1-3-5-11-9(4-2)10-8-12-6-7-13-10/h4,9-11H,2-3,5-8H2,1H3. The SMILES string of the molecule is C=CC(NCCC)C1CSCCS1. The lowest BCUT2D eigenvalue weighted by Gasteiger charge is -2.28. The first-order valence-electron chi connectivity index (χ1n) is 4.93. The molecule has 0 aromatic carbocycles. The zero-order valence-electron chi connectivity index (χ0n) is 8.29. The minimum atomic E-state index is 0.512. The van der Waals surface area contributed by atoms with E-state index in [1.807, 2.05) is 0 Å². The molecule has 0 aromatic heterocycles. The molecule has 1 heterocycles. The fraction of sp³-hybridized carbons (Fsp3) is 0.800. The van der Waals surface area contributed by atoms with Gasteiger partial charge in [0.15, 0.2) is 0 Å². The van der Waals surface area contributed by atoms with Gasteiger partial charge in [-0.15, -0.1) is 6.58 Å². The third-order valence-corrected chi connectivity index (χ3v) is 5.01. The molecule has 3 heteroatoms. The monoisotopic (exact) mass is 217 g/mol. The second-order valence-corrected chi connectivity index (χ2v) is 5.70. The van der Waals surface area contributed by atoms with Crippen molar-refractivity contribution in [1.82, 2.24) is 5.32 Å². The van der Waals surface area contributed by atoms with E-state index in [-0.39, 0.29) is 0 Å². The van der Waals surface area contributed by atoms with Crippen molar-refractivity contribution in [2.24, 2.45) is 0 Å². The van der Waals surface area contributed by atoms with E-state index in [4.69, 9.17) is 0 Å². The fourth-order valence-corrected chi connectivity index (χ4v) is 4.24. The lowest BCUT2D eigenvalue weighted by atomic mass is 10.2. The summed E-state index contributed by atoms with van der Waals surface area (Å²) in [5.74, 6) is 3.89. The summed E-state index contributed by atoms with van der Waals surface area (Å²) in [4.78, 5) is 0. The van der Waals surface area contributed by atoms with Crippen LogP contribution in [0.15, 0.2) is 12.7 Å². The van der Waals surface area contributed by atoms with Gasteiger partial charge in [0.25, 0.3) is 0 Å². The molecule has 1 fully saturated rings. The highest BCUT2D eigenvalue weighted by molar-refractivity contribution is 8.06. The van der Waals surface area contributed by atoms with Gasteiger partial charge in [-0.2, -0.15) is 23.5 Å². The molecule has 2 unspecified atom stereocenters. The lowest BCUT2D eigenvalue weighted by molar-refractivity contribution is 0.586. The molecule has 0 amide bonds. The van der Waals surface area contributed by atoms with Crippen molar-refractivity contribution in [3.05, 3.63) is 12.7 Å². The maximum absolute atomic E-state index is 3.90. The summed E-state index contributed by atoms with van der Waals surface area (Å²) in [5.41, 5.74) is 0. The molecule has 2 atom stereocenters. The highest BCUT2D eigenvalue weighted by atomic mass is 32.2. The Kier molecular flexibility index (Phi) is 6.00. The number of hydrogen-bond acceptors (Lipinski definition) is 3. The minimum absolute atomic E-state index is 0.512. The van der Waals surface area contributed by atoms with Crippen molar-refractivity contribution in [2.45, 2.75) is 24.6 Å². The van der Waals surface area contributed by atoms with Crippen LogP contribution in [0.2, 0.25) is 0 Å². The highest BCUT2D eigenvalue weighted by Crippen LogP contribution is 2.26. The molecule has 1 aliphatic heterocycles. The smallest absolute Gasteiger partial charge is 0.0375 e. The molecule has 13 heavy (non-hydrogen) atoms. The summed E-state index contributed by atoms with van der Waals surface area (Å²) in [7, 11) is 0. The Morgan fingerprint density at radius 3 is 3.00 bits per heavy atom. The van der Waals surface area contributed by atoms with Gasteiger partial charge in [0.2, 0.25) is 0 Å². The second kappa shape index (κ2) is 6.80. The third kappa shape index (κ3) is 3.96. The minimum Gasteiger partial charge on any atom is -0.309 e. The maximum Gasteiger partial charge on any atom is 0.0375 e. The van der Waals surface area contributed by atoms with Crippen molar-refractivity contribution in [3.63, 3.8) is 0 Å². The summed E-state index contributed by atoms with van der Waals surface area (Å²) >= 11 is 4.16. The van der Waals surface area contributed by atoms with E-state index in [2.05, 4.69) is 48.4 Å². The Hall–Kier alpha value is 0.400. The normalized spacial score (nSPS) is 25.5. The van der Waals surface area contributed by atoms with Gasteiger partial charge >= 0.3 is 0 Å². The van der Waals surface area contributed by atoms with Crippen LogP contribution in [0.5, 0.6) is 0 Å². The molecule has 0 aliphatic carbocycles. The summed E-state index contributed by atoms with van der Waals surface area (Å²) in [6.45, 7) is 7.22. The average Bonchev–Trinajstić information content (AvgIpc) is 2.21. The van der Waals surface area contributed by atoms with E-state index in [1.165, 1.54) is 23.7 Å². The molecular weight excluding hydrogens is 198 g/mol. The van der Waals surface area contributed by atoms with Crippen LogP contribution in [0, 0.1) is 0 Å². The van der Waals surface area contributed by atoms with Crippen molar-refractivity contribution in [3.8, 4) is 0 Å². The highest BCUT2D eigenvalue weighted by Gasteiger charge is 2.21. The summed E-state index contributed by atoms with van der Waals surface area (Å²) < 4.78 is 0. The summed E-state index contributed by atoms with van der Waals surface area (Å²) in [5, 5.41) is 4.28. The zero-order chi connectivity index (χ0) is 9.52. The molecule has 0 aromatic rings. The average molecular weight is 217 g/mol. The van der Waals surface area contributed by atoms with Crippen LogP contribution in [0.1, 0.15) is 13.3 Å². The Labute approximate surface area is 90.1 Å². The lowest BCUT2D eigenvalue weighted by Crippen LogP contribution is -2.39. The van der Waals surface area contributed by atoms with Crippen LogP contribution in [0.25, 0.3) is 0 Å². The first-order valence-corrected chi connectivity index (χ1v) is 7.14. The van der Waals surface area contributed by atoms with Gasteiger partial charge in [0.05, 0.1) is 0 Å². The summed E-state index contributed by atoms with van der Waals surface area (Å²) in [6, 6.07) is 0.512. The second-order valence-electron chi connectivity index (χ2n) is 3.20. The van der Waals surface area contributed by atoms with Crippen LogP contribution >= 0.6 is 23.5 Å². The number of nitrogens with one attached hydrogen (secondary N) is 1. The molecule has 1 nitrogen and oxygen atoms in total. The molecule has 1 aliphatic rings. The summed E-state index contributed by atoms with van der Waals surface area (Å²) in [6.07, 6.45) is 3.27. The number of rotatable bonds is 5. The largest absolute Gasteiger partial charge is 0.309 e. The third-order valence-electron chi connectivity index (χ3n) is 2.13. The maximum atomic E-state index is 3.90. The van der Waals surface area contributed by atoms with E-state index in [0.29, 0.717) is 6.04 Å². The first-order chi connectivity index (χ1) is 6.38. The molecule has 0 saturated carbocycles. The van der Waals surface area contributed by atoms with Gasteiger partial charge in [-0.05, 0) is 13.0 Å². The quantitative estimate of drug-likeness (QED) is 0.710. The molecule has 0 spiro atoms. The van der Waals surface area contributed by atoms with E-state index in [9.17, 15) is 0 Å². The molecule has 1 rings (SSSR count). The van der Waals surface area contributed by atoms with Crippen LogP contribution in [0.4, 0.5) is 0 Å². The Morgan fingerprint density at radius 1 is 1.62 bits per heavy atom. The van der Waals surface area contributed by atoms with Gasteiger partial charge in [-0.25, -0.2) is 0 Å². The van der Waals surface area contributed by atoms with E-state index < -0.39 is 0 Å². The number of hydrogen-bond donors (Lipinski definition) is 1. The predicted octanol–water partition coefficient (Wildman–Crippen LogP) is 2.39. The Morgan fingerprint density at radius 2 is 2.46 bits per heavy atom. The molecule has 76 valence electrons. The van der Waals surface area contributed by atoms with Crippen molar-refractivity contribution < 1.29 is 0 Å². The van der Waals surface area contributed by atoms with Crippen LogP contribution in [0.3, 0.4) is 0 Å². The number of thioether (sulfide) groups is 2. The Bertz CT molecular complexity index is 144. The molecule has 0 radical (unpaired) electrons. The van der Waals surface area contributed by atoms with E-state index >= 15 is 0 Å². The van der Waals surface area contributed by atoms with Crippen molar-refractivity contribution in [2.75, 3.05) is 23.8 Å². The predicted molar refractivity (Wildman–Crippen MR) is 65.8 cm³/mol. The van der Waals surface area contributed by atoms with Crippen molar-refractivity contribution >= 4 is 23.5 Å². The van der Waals surface area contributed by atoms with E-state index in [1.54, 1.807) is 0 Å². The zero-order valence-corrected chi connectivity index (χ0v) is 9.92. The van der Waals surface area contributed by atoms with Gasteiger partial charge < -0.3 is 5.32 Å². The molecular formula is C10H19NS2. The van der Waals surface area contributed by atoms with Gasteiger partial charge in [0.1, 0.15) is 0 Å². The molecule has 0 bridgehead atoms. The van der Waals surface area contributed by atoms with Crippen molar-refractivity contribution in [1.29, 1.82) is 0 Å². The molecule has 1 N–H and O–H groups in total. The van der Waals surface area contributed by atoms with E-state index in [0.717, 1.165) is 11.8 Å². The topological polar surface area (TPSA) is 12.0 Å². The van der Waals surface area contributed by atoms with Crippen LogP contribution < -0.4 is 5.32 Å². The molecule has 1 saturated heterocycles. The first kappa shape index (κ1) is 11.5. The van der Waals surface area contributed by atoms with Gasteiger partial charge in [-0.3, -0.25) is 0 Å². The van der Waals surface area contributed by atoms with Crippen LogP contribution in [-0.4, -0.2) is 35.1 Å².